The van der Waals surface area contributed by atoms with E-state index in [4.69, 9.17) is 14.2 Å². The zero-order valence-corrected chi connectivity index (χ0v) is 32.2. The summed E-state index contributed by atoms with van der Waals surface area (Å²) in [6.07, 6.45) is 29.7. The number of carbonyl (C=O) groups excluding carboxylic acids is 3. The van der Waals surface area contributed by atoms with Gasteiger partial charge >= 0.3 is 11.9 Å². The van der Waals surface area contributed by atoms with Crippen LogP contribution in [0, 0.1) is 0 Å². The minimum absolute atomic E-state index is 0.0486. The largest absolute Gasteiger partial charge is 0.544 e. The van der Waals surface area contributed by atoms with Crippen molar-refractivity contribution in [1.82, 2.24) is 0 Å². The van der Waals surface area contributed by atoms with Crippen molar-refractivity contribution in [1.29, 1.82) is 0 Å². The standard InChI is InChI=1S/C40H77NO7/c1-6-8-10-12-14-16-18-19-21-23-25-27-29-31-39(43)48-36(34-46-33-32-37(40(44)45)41(3,4)5)35-47-38(42)30-28-26-24-22-20-17-15-13-11-9-7-2/h36-37H,6-35H2,1-5H3. The van der Waals surface area contributed by atoms with Crippen LogP contribution in [0.4, 0.5) is 0 Å². The molecule has 0 saturated heterocycles. The number of unbranched alkanes of at least 4 members (excludes halogenated alkanes) is 22. The van der Waals surface area contributed by atoms with Crippen LogP contribution in [0.3, 0.4) is 0 Å². The molecule has 48 heavy (non-hydrogen) atoms. The highest BCUT2D eigenvalue weighted by atomic mass is 16.6. The number of carbonyl (C=O) groups is 3. The lowest BCUT2D eigenvalue weighted by Gasteiger charge is -2.34. The van der Waals surface area contributed by atoms with Crippen LogP contribution in [0.2, 0.25) is 0 Å². The van der Waals surface area contributed by atoms with E-state index in [1.165, 1.54) is 116 Å². The Morgan fingerprint density at radius 3 is 1.29 bits per heavy atom. The van der Waals surface area contributed by atoms with Crippen molar-refractivity contribution in [2.24, 2.45) is 0 Å². The van der Waals surface area contributed by atoms with Crippen molar-refractivity contribution in [2.45, 2.75) is 199 Å². The fraction of sp³-hybridized carbons (Fsp3) is 0.925. The van der Waals surface area contributed by atoms with E-state index in [9.17, 15) is 19.5 Å². The number of quaternary nitrogens is 1. The molecule has 2 unspecified atom stereocenters. The highest BCUT2D eigenvalue weighted by molar-refractivity contribution is 5.70. The molecule has 0 bridgehead atoms. The lowest BCUT2D eigenvalue weighted by molar-refractivity contribution is -0.889. The SMILES string of the molecule is CCCCCCCCCCCCCCCC(=O)OC(COCCC(C(=O)[O-])[N+](C)(C)C)COC(=O)CCCCCCCCCCCCC. The highest BCUT2D eigenvalue weighted by Gasteiger charge is 2.25. The van der Waals surface area contributed by atoms with Crippen molar-refractivity contribution in [3.05, 3.63) is 0 Å². The van der Waals surface area contributed by atoms with E-state index in [1.807, 2.05) is 0 Å². The summed E-state index contributed by atoms with van der Waals surface area (Å²) < 4.78 is 17.1. The number of hydrogen-bond acceptors (Lipinski definition) is 7. The predicted octanol–water partition coefficient (Wildman–Crippen LogP) is 8.86. The van der Waals surface area contributed by atoms with Crippen molar-refractivity contribution in [3.8, 4) is 0 Å². The zero-order chi connectivity index (χ0) is 35.7. The summed E-state index contributed by atoms with van der Waals surface area (Å²) >= 11 is 0. The number of rotatable bonds is 36. The Balaban J connectivity index is 4.37. The molecule has 8 heteroatoms. The van der Waals surface area contributed by atoms with Gasteiger partial charge in [0.2, 0.25) is 0 Å². The van der Waals surface area contributed by atoms with Gasteiger partial charge in [0.1, 0.15) is 12.6 Å². The molecule has 0 saturated carbocycles. The molecule has 0 aromatic heterocycles. The molecule has 0 rings (SSSR count). The molecular formula is C40H77NO7. The van der Waals surface area contributed by atoms with Gasteiger partial charge in [0.05, 0.1) is 40.3 Å². The molecular weight excluding hydrogens is 606 g/mol. The van der Waals surface area contributed by atoms with E-state index in [-0.39, 0.29) is 42.7 Å². The molecule has 0 heterocycles. The number of aliphatic carboxylic acids is 1. The van der Waals surface area contributed by atoms with Crippen molar-refractivity contribution in [3.63, 3.8) is 0 Å². The van der Waals surface area contributed by atoms with Gasteiger partial charge in [-0.25, -0.2) is 0 Å². The van der Waals surface area contributed by atoms with Crippen LogP contribution in [0.1, 0.15) is 187 Å². The Hall–Kier alpha value is -1.67. The first kappa shape index (κ1) is 46.3. The van der Waals surface area contributed by atoms with Crippen molar-refractivity contribution >= 4 is 17.9 Å². The molecule has 8 nitrogen and oxygen atoms in total. The number of carboxylic acid groups (broad SMARTS) is 1. The third-order valence-corrected chi connectivity index (χ3v) is 9.24. The number of hydrogen-bond donors (Lipinski definition) is 0. The van der Waals surface area contributed by atoms with Gasteiger partial charge in [-0.2, -0.15) is 0 Å². The molecule has 0 N–H and O–H groups in total. The topological polar surface area (TPSA) is 102 Å². The van der Waals surface area contributed by atoms with E-state index in [1.54, 1.807) is 21.1 Å². The molecule has 0 aliphatic rings. The van der Waals surface area contributed by atoms with Gasteiger partial charge in [-0.15, -0.1) is 0 Å². The lowest BCUT2D eigenvalue weighted by atomic mass is 10.0. The van der Waals surface area contributed by atoms with Gasteiger partial charge in [0.25, 0.3) is 0 Å². The van der Waals surface area contributed by atoms with Gasteiger partial charge in [-0.3, -0.25) is 9.59 Å². The second-order valence-corrected chi connectivity index (χ2v) is 14.9. The Morgan fingerprint density at radius 1 is 0.542 bits per heavy atom. The van der Waals surface area contributed by atoms with E-state index >= 15 is 0 Å². The van der Waals surface area contributed by atoms with Gasteiger partial charge in [0.15, 0.2) is 6.10 Å². The summed E-state index contributed by atoms with van der Waals surface area (Å²) in [5.41, 5.74) is 0. The molecule has 0 aromatic carbocycles. The molecule has 0 aromatic rings. The molecule has 2 atom stereocenters. The second kappa shape index (κ2) is 32.5. The smallest absolute Gasteiger partial charge is 0.306 e. The van der Waals surface area contributed by atoms with Crippen LogP contribution < -0.4 is 5.11 Å². The first-order valence-electron chi connectivity index (χ1n) is 20.1. The maximum absolute atomic E-state index is 12.6. The number of ether oxygens (including phenoxy) is 3. The van der Waals surface area contributed by atoms with Crippen LogP contribution in [0.15, 0.2) is 0 Å². The molecule has 0 aliphatic carbocycles. The average molecular weight is 684 g/mol. The average Bonchev–Trinajstić information content (AvgIpc) is 3.03. The van der Waals surface area contributed by atoms with E-state index in [0.717, 1.165) is 38.5 Å². The molecule has 0 radical (unpaired) electrons. The Bertz CT molecular complexity index is 767. The second-order valence-electron chi connectivity index (χ2n) is 14.9. The van der Waals surface area contributed by atoms with Gasteiger partial charge in [-0.05, 0) is 12.8 Å². The Morgan fingerprint density at radius 2 is 0.917 bits per heavy atom. The molecule has 0 fully saturated rings. The number of nitrogens with zero attached hydrogens (tertiary/aromatic N) is 1. The minimum Gasteiger partial charge on any atom is -0.544 e. The summed E-state index contributed by atoms with van der Waals surface area (Å²) in [6.45, 7) is 4.66. The number of esters is 2. The molecule has 284 valence electrons. The molecule has 0 spiro atoms. The van der Waals surface area contributed by atoms with Crippen LogP contribution in [-0.4, -0.2) is 75.5 Å². The van der Waals surface area contributed by atoms with E-state index in [0.29, 0.717) is 12.8 Å². The summed E-state index contributed by atoms with van der Waals surface area (Å²) in [5.74, 6) is -1.72. The number of carboxylic acids is 1. The van der Waals surface area contributed by atoms with Crippen LogP contribution >= 0.6 is 0 Å². The number of likely N-dealkylation sites (N-methyl/N-ethyl adjacent to an activating group) is 1. The quantitative estimate of drug-likeness (QED) is 0.0369. The van der Waals surface area contributed by atoms with Crippen molar-refractivity contribution in [2.75, 3.05) is 41.0 Å². The Kier molecular flexibility index (Phi) is 31.4. The van der Waals surface area contributed by atoms with Crippen LogP contribution in [0.5, 0.6) is 0 Å². The summed E-state index contributed by atoms with van der Waals surface area (Å²) in [7, 11) is 5.41. The third-order valence-electron chi connectivity index (χ3n) is 9.24. The summed E-state index contributed by atoms with van der Waals surface area (Å²) in [5, 5.41) is 11.6. The van der Waals surface area contributed by atoms with Gasteiger partial charge in [-0.1, -0.05) is 155 Å². The van der Waals surface area contributed by atoms with Crippen LogP contribution in [-0.2, 0) is 28.6 Å². The summed E-state index contributed by atoms with van der Waals surface area (Å²) in [6, 6.07) is -0.717. The monoisotopic (exact) mass is 684 g/mol. The summed E-state index contributed by atoms with van der Waals surface area (Å²) in [4.78, 5) is 36.6. The van der Waals surface area contributed by atoms with E-state index < -0.39 is 18.1 Å². The molecule has 0 aliphatic heterocycles. The zero-order valence-electron chi connectivity index (χ0n) is 32.2. The van der Waals surface area contributed by atoms with Gasteiger partial charge in [0, 0.05) is 19.3 Å². The fourth-order valence-electron chi connectivity index (χ4n) is 6.07. The minimum atomic E-state index is -1.12. The van der Waals surface area contributed by atoms with Crippen molar-refractivity contribution < 1.29 is 38.2 Å². The van der Waals surface area contributed by atoms with E-state index in [2.05, 4.69) is 13.8 Å². The fourth-order valence-corrected chi connectivity index (χ4v) is 6.07. The first-order chi connectivity index (χ1) is 23.1. The first-order valence-corrected chi connectivity index (χ1v) is 20.1. The van der Waals surface area contributed by atoms with Crippen LogP contribution in [0.25, 0.3) is 0 Å². The maximum Gasteiger partial charge on any atom is 0.306 e. The third kappa shape index (κ3) is 30.4. The maximum atomic E-state index is 12.6. The molecule has 0 amide bonds. The normalized spacial score (nSPS) is 12.9. The Labute approximate surface area is 296 Å². The van der Waals surface area contributed by atoms with Gasteiger partial charge < -0.3 is 28.6 Å². The highest BCUT2D eigenvalue weighted by Crippen LogP contribution is 2.15. The predicted molar refractivity (Wildman–Crippen MR) is 194 cm³/mol. The lowest BCUT2D eigenvalue weighted by Crippen LogP contribution is -2.55.